The van der Waals surface area contributed by atoms with E-state index in [0.717, 1.165) is 0 Å². The number of hydrogen-bond donors (Lipinski definition) is 1. The van der Waals surface area contributed by atoms with Gasteiger partial charge in [0, 0.05) is 6.07 Å². The zero-order valence-electron chi connectivity index (χ0n) is 5.70. The third-order valence-electron chi connectivity index (χ3n) is 1.10. The molecule has 1 aromatic rings. The van der Waals surface area contributed by atoms with Crippen LogP contribution in [0, 0.1) is 5.41 Å². The summed E-state index contributed by atoms with van der Waals surface area (Å²) in [5.74, 6) is 0.944. The van der Waals surface area contributed by atoms with E-state index in [1.807, 2.05) is 0 Å². The van der Waals surface area contributed by atoms with Crippen LogP contribution in [-0.2, 0) is 0 Å². The number of hydrogen-bond acceptors (Lipinski definition) is 3. The van der Waals surface area contributed by atoms with Gasteiger partial charge in [0.25, 0.3) is 0 Å². The Hall–Kier alpha value is -1.45. The van der Waals surface area contributed by atoms with E-state index in [-0.39, 0.29) is 0 Å². The van der Waals surface area contributed by atoms with Crippen molar-refractivity contribution in [2.45, 2.75) is 6.92 Å². The Labute approximate surface area is 58.7 Å². The lowest BCUT2D eigenvalue weighted by Gasteiger charge is -1.97. The van der Waals surface area contributed by atoms with Gasteiger partial charge in [-0.3, -0.25) is 5.41 Å². The van der Waals surface area contributed by atoms with Crippen molar-refractivity contribution in [2.24, 2.45) is 4.99 Å². The SMILES string of the molecule is C=Nc1ccnn1C(C)=N. The smallest absolute Gasteiger partial charge is 0.156 e. The van der Waals surface area contributed by atoms with Gasteiger partial charge < -0.3 is 0 Å². The summed E-state index contributed by atoms with van der Waals surface area (Å²) in [5, 5.41) is 11.1. The molecule has 0 aliphatic carbocycles. The Morgan fingerprint density at radius 3 is 3.00 bits per heavy atom. The molecule has 0 saturated heterocycles. The van der Waals surface area contributed by atoms with E-state index in [4.69, 9.17) is 5.41 Å². The molecule has 0 saturated carbocycles. The fraction of sp³-hybridized carbons (Fsp3) is 0.167. The Morgan fingerprint density at radius 2 is 2.60 bits per heavy atom. The van der Waals surface area contributed by atoms with Gasteiger partial charge in [-0.1, -0.05) is 0 Å². The van der Waals surface area contributed by atoms with E-state index in [2.05, 4.69) is 16.8 Å². The number of nitrogens with zero attached hydrogens (tertiary/aromatic N) is 3. The second kappa shape index (κ2) is 2.43. The quantitative estimate of drug-likeness (QED) is 0.455. The van der Waals surface area contributed by atoms with Crippen molar-refractivity contribution in [2.75, 3.05) is 0 Å². The highest BCUT2D eigenvalue weighted by molar-refractivity contribution is 5.80. The highest BCUT2D eigenvalue weighted by Crippen LogP contribution is 2.07. The molecule has 4 heteroatoms. The second-order valence-electron chi connectivity index (χ2n) is 1.84. The van der Waals surface area contributed by atoms with Gasteiger partial charge >= 0.3 is 0 Å². The maximum absolute atomic E-state index is 7.21. The van der Waals surface area contributed by atoms with Crippen molar-refractivity contribution in [1.29, 1.82) is 5.41 Å². The summed E-state index contributed by atoms with van der Waals surface area (Å²) in [6.45, 7) is 4.98. The van der Waals surface area contributed by atoms with Crippen LogP contribution in [0.1, 0.15) is 6.92 Å². The van der Waals surface area contributed by atoms with E-state index in [9.17, 15) is 0 Å². The molecule has 0 radical (unpaired) electrons. The Morgan fingerprint density at radius 1 is 1.90 bits per heavy atom. The van der Waals surface area contributed by atoms with Crippen molar-refractivity contribution in [3.05, 3.63) is 12.3 Å². The van der Waals surface area contributed by atoms with E-state index >= 15 is 0 Å². The predicted molar refractivity (Wildman–Crippen MR) is 40.2 cm³/mol. The summed E-state index contributed by atoms with van der Waals surface area (Å²) >= 11 is 0. The van der Waals surface area contributed by atoms with Crippen molar-refractivity contribution in [3.8, 4) is 0 Å². The first-order chi connectivity index (χ1) is 4.75. The highest BCUT2D eigenvalue weighted by Gasteiger charge is 1.98. The van der Waals surface area contributed by atoms with E-state index < -0.39 is 0 Å². The van der Waals surface area contributed by atoms with Crippen LogP contribution in [0.15, 0.2) is 17.3 Å². The molecule has 0 aromatic carbocycles. The van der Waals surface area contributed by atoms with Crippen molar-refractivity contribution >= 4 is 18.4 Å². The molecule has 4 nitrogen and oxygen atoms in total. The van der Waals surface area contributed by atoms with E-state index in [1.54, 1.807) is 19.2 Å². The molecular weight excluding hydrogens is 128 g/mol. The minimum absolute atomic E-state index is 0.340. The molecular formula is C6H8N4. The van der Waals surface area contributed by atoms with Crippen molar-refractivity contribution in [1.82, 2.24) is 9.78 Å². The molecule has 1 rings (SSSR count). The van der Waals surface area contributed by atoms with Gasteiger partial charge in [-0.2, -0.15) is 5.10 Å². The van der Waals surface area contributed by atoms with Gasteiger partial charge in [-0.05, 0) is 13.6 Å². The molecule has 1 heterocycles. The zero-order chi connectivity index (χ0) is 7.56. The fourth-order valence-electron chi connectivity index (χ4n) is 0.675. The molecule has 0 bridgehead atoms. The molecule has 0 aliphatic heterocycles. The highest BCUT2D eigenvalue weighted by atomic mass is 15.3. The van der Waals surface area contributed by atoms with Crippen molar-refractivity contribution < 1.29 is 0 Å². The maximum atomic E-state index is 7.21. The monoisotopic (exact) mass is 136 g/mol. The van der Waals surface area contributed by atoms with Crippen LogP contribution in [0.3, 0.4) is 0 Å². The molecule has 0 spiro atoms. The van der Waals surface area contributed by atoms with Crippen LogP contribution >= 0.6 is 0 Å². The maximum Gasteiger partial charge on any atom is 0.156 e. The minimum Gasteiger partial charge on any atom is -0.287 e. The first-order valence-electron chi connectivity index (χ1n) is 2.82. The summed E-state index contributed by atoms with van der Waals surface area (Å²) in [6.07, 6.45) is 1.59. The van der Waals surface area contributed by atoms with Crippen LogP contribution in [0.5, 0.6) is 0 Å². The molecule has 1 aromatic heterocycles. The number of rotatable bonds is 1. The van der Waals surface area contributed by atoms with E-state index in [1.165, 1.54) is 4.68 Å². The molecule has 10 heavy (non-hydrogen) atoms. The predicted octanol–water partition coefficient (Wildman–Crippen LogP) is 1.06. The number of aromatic nitrogens is 2. The molecule has 1 N–H and O–H groups in total. The summed E-state index contributed by atoms with van der Waals surface area (Å²) in [4.78, 5) is 3.66. The molecule has 52 valence electrons. The normalized spacial score (nSPS) is 9.30. The zero-order valence-corrected chi connectivity index (χ0v) is 5.70. The average Bonchev–Trinajstić information content (AvgIpc) is 2.33. The largest absolute Gasteiger partial charge is 0.287 e. The average molecular weight is 136 g/mol. The number of aliphatic imine (C=N–C) groups is 1. The minimum atomic E-state index is 0.340. The van der Waals surface area contributed by atoms with Gasteiger partial charge in [0.1, 0.15) is 5.84 Å². The Kier molecular flexibility index (Phi) is 1.62. The Balaban J connectivity index is 3.13. The van der Waals surface area contributed by atoms with Crippen LogP contribution in [-0.4, -0.2) is 22.3 Å². The first kappa shape index (κ1) is 6.67. The molecule has 0 unspecified atom stereocenters. The number of nitrogens with one attached hydrogen (secondary N) is 1. The first-order valence-corrected chi connectivity index (χ1v) is 2.82. The van der Waals surface area contributed by atoms with Crippen LogP contribution in [0.25, 0.3) is 0 Å². The molecule has 0 fully saturated rings. The third-order valence-corrected chi connectivity index (χ3v) is 1.10. The van der Waals surface area contributed by atoms with Gasteiger partial charge in [0.2, 0.25) is 0 Å². The fourth-order valence-corrected chi connectivity index (χ4v) is 0.675. The lowest BCUT2D eigenvalue weighted by atomic mass is 10.6. The summed E-state index contributed by atoms with van der Waals surface area (Å²) < 4.78 is 1.41. The lowest BCUT2D eigenvalue weighted by molar-refractivity contribution is 0.918. The van der Waals surface area contributed by atoms with Gasteiger partial charge in [-0.25, -0.2) is 9.67 Å². The van der Waals surface area contributed by atoms with Gasteiger partial charge in [-0.15, -0.1) is 0 Å². The van der Waals surface area contributed by atoms with Gasteiger partial charge in [0.15, 0.2) is 5.82 Å². The summed E-state index contributed by atoms with van der Waals surface area (Å²) in [6, 6.07) is 1.70. The molecule has 0 aliphatic rings. The summed E-state index contributed by atoms with van der Waals surface area (Å²) in [7, 11) is 0. The third kappa shape index (κ3) is 0.953. The van der Waals surface area contributed by atoms with E-state index in [0.29, 0.717) is 11.7 Å². The lowest BCUT2D eigenvalue weighted by Crippen LogP contribution is -2.06. The Bertz CT molecular complexity index is 260. The molecule has 0 atom stereocenters. The standard InChI is InChI=1S/C6H8N4/c1-5(7)10-6(8-2)3-4-9-10/h3-4,7H,2H2,1H3. The van der Waals surface area contributed by atoms with Gasteiger partial charge in [0.05, 0.1) is 6.20 Å². The van der Waals surface area contributed by atoms with Crippen LogP contribution < -0.4 is 0 Å². The van der Waals surface area contributed by atoms with Crippen molar-refractivity contribution in [3.63, 3.8) is 0 Å². The summed E-state index contributed by atoms with van der Waals surface area (Å²) in [5.41, 5.74) is 0. The van der Waals surface area contributed by atoms with Crippen LogP contribution in [0.4, 0.5) is 5.82 Å². The molecule has 0 amide bonds. The second-order valence-corrected chi connectivity index (χ2v) is 1.84. The topological polar surface area (TPSA) is 54.0 Å². The van der Waals surface area contributed by atoms with Crippen LogP contribution in [0.2, 0.25) is 0 Å².